The first-order chi connectivity index (χ1) is 9.81. The van der Waals surface area contributed by atoms with Gasteiger partial charge in [0.05, 0.1) is 0 Å². The predicted octanol–water partition coefficient (Wildman–Crippen LogP) is 3.25. The van der Waals surface area contributed by atoms with Crippen molar-refractivity contribution in [1.82, 2.24) is 10.5 Å². The molecule has 108 valence electrons. The topological polar surface area (TPSA) is 55.1 Å². The second-order valence-electron chi connectivity index (χ2n) is 6.77. The Morgan fingerprint density at radius 1 is 1.20 bits per heavy atom. The number of rotatable bonds is 4. The van der Waals surface area contributed by atoms with Crippen LogP contribution in [0.2, 0.25) is 0 Å². The zero-order valence-corrected chi connectivity index (χ0v) is 11.8. The molecule has 4 nitrogen and oxygen atoms in total. The van der Waals surface area contributed by atoms with E-state index >= 15 is 0 Å². The van der Waals surface area contributed by atoms with E-state index in [1.807, 2.05) is 6.07 Å². The molecule has 4 heteroatoms. The fraction of sp³-hybridized carbons (Fsp3) is 0.750. The lowest BCUT2D eigenvalue weighted by Gasteiger charge is -2.21. The van der Waals surface area contributed by atoms with Gasteiger partial charge in [0, 0.05) is 18.0 Å². The maximum Gasteiger partial charge on any atom is 0.273 e. The zero-order chi connectivity index (χ0) is 13.5. The summed E-state index contributed by atoms with van der Waals surface area (Å²) in [4.78, 5) is 12.1. The molecule has 0 radical (unpaired) electrons. The number of carbonyl (C=O) groups excluding carboxylic acids is 1. The van der Waals surface area contributed by atoms with E-state index in [4.69, 9.17) is 4.52 Å². The van der Waals surface area contributed by atoms with Gasteiger partial charge in [0.15, 0.2) is 5.69 Å². The third-order valence-corrected chi connectivity index (χ3v) is 5.15. The minimum Gasteiger partial charge on any atom is -0.360 e. The van der Waals surface area contributed by atoms with Gasteiger partial charge in [-0.3, -0.25) is 4.79 Å². The Morgan fingerprint density at radius 2 is 2.00 bits per heavy atom. The zero-order valence-electron chi connectivity index (χ0n) is 11.8. The molecule has 3 saturated carbocycles. The molecule has 3 fully saturated rings. The molecule has 0 aliphatic heterocycles. The van der Waals surface area contributed by atoms with E-state index in [9.17, 15) is 4.79 Å². The monoisotopic (exact) mass is 274 g/mol. The van der Waals surface area contributed by atoms with Crippen molar-refractivity contribution in [3.63, 3.8) is 0 Å². The minimum absolute atomic E-state index is 0.0519. The molecule has 0 saturated heterocycles. The molecular formula is C16H22N2O2. The van der Waals surface area contributed by atoms with E-state index in [0.717, 1.165) is 18.1 Å². The largest absolute Gasteiger partial charge is 0.360 e. The smallest absolute Gasteiger partial charge is 0.273 e. The average molecular weight is 274 g/mol. The van der Waals surface area contributed by atoms with E-state index in [1.54, 1.807) is 0 Å². The molecule has 0 aromatic carbocycles. The van der Waals surface area contributed by atoms with Crippen LogP contribution < -0.4 is 5.32 Å². The Hall–Kier alpha value is -1.32. The first kappa shape index (κ1) is 12.4. The van der Waals surface area contributed by atoms with E-state index in [1.165, 1.54) is 44.9 Å². The van der Waals surface area contributed by atoms with Crippen LogP contribution in [0.3, 0.4) is 0 Å². The summed E-state index contributed by atoms with van der Waals surface area (Å²) in [5.41, 5.74) is 0.459. The van der Waals surface area contributed by atoms with Crippen LogP contribution in [0.5, 0.6) is 0 Å². The second kappa shape index (κ2) is 4.90. The van der Waals surface area contributed by atoms with Gasteiger partial charge in [-0.05, 0) is 31.1 Å². The SMILES string of the molecule is O=C(N[C@H]1C[C@H]1C1CCCCC1)c1cc(C2CC2)on1. The molecule has 0 unspecified atom stereocenters. The van der Waals surface area contributed by atoms with Crippen LogP contribution in [0.1, 0.15) is 73.5 Å². The van der Waals surface area contributed by atoms with Gasteiger partial charge in [0.1, 0.15) is 5.76 Å². The highest BCUT2D eigenvalue weighted by Crippen LogP contribution is 2.44. The van der Waals surface area contributed by atoms with Gasteiger partial charge in [-0.25, -0.2) is 0 Å². The van der Waals surface area contributed by atoms with Crippen LogP contribution in [-0.4, -0.2) is 17.1 Å². The van der Waals surface area contributed by atoms with Crippen molar-refractivity contribution in [3.05, 3.63) is 17.5 Å². The van der Waals surface area contributed by atoms with Gasteiger partial charge < -0.3 is 9.84 Å². The van der Waals surface area contributed by atoms with Crippen LogP contribution in [0.25, 0.3) is 0 Å². The fourth-order valence-corrected chi connectivity index (χ4v) is 3.66. The first-order valence-electron chi connectivity index (χ1n) is 8.09. The van der Waals surface area contributed by atoms with E-state index in [2.05, 4.69) is 10.5 Å². The number of amides is 1. The lowest BCUT2D eigenvalue weighted by Crippen LogP contribution is -2.28. The molecular weight excluding hydrogens is 252 g/mol. The molecule has 1 amide bonds. The third kappa shape index (κ3) is 2.48. The molecule has 1 N–H and O–H groups in total. The molecule has 3 aliphatic carbocycles. The quantitative estimate of drug-likeness (QED) is 0.917. The predicted molar refractivity (Wildman–Crippen MR) is 74.4 cm³/mol. The molecule has 1 aromatic rings. The highest BCUT2D eigenvalue weighted by atomic mass is 16.5. The van der Waals surface area contributed by atoms with E-state index in [0.29, 0.717) is 23.6 Å². The van der Waals surface area contributed by atoms with Crippen molar-refractivity contribution in [2.75, 3.05) is 0 Å². The second-order valence-corrected chi connectivity index (χ2v) is 6.77. The molecule has 20 heavy (non-hydrogen) atoms. The number of hydrogen-bond acceptors (Lipinski definition) is 3. The lowest BCUT2D eigenvalue weighted by molar-refractivity contribution is 0.0937. The van der Waals surface area contributed by atoms with Crippen molar-refractivity contribution >= 4 is 5.91 Å². The number of carbonyl (C=O) groups is 1. The molecule has 4 rings (SSSR count). The number of nitrogens with zero attached hydrogens (tertiary/aromatic N) is 1. The summed E-state index contributed by atoms with van der Waals surface area (Å²) >= 11 is 0. The summed E-state index contributed by atoms with van der Waals surface area (Å²) in [5.74, 6) is 2.90. The summed E-state index contributed by atoms with van der Waals surface area (Å²) in [7, 11) is 0. The summed E-state index contributed by atoms with van der Waals surface area (Å²) in [5, 5.41) is 7.04. The summed E-state index contributed by atoms with van der Waals surface area (Å²) in [6.45, 7) is 0. The van der Waals surface area contributed by atoms with E-state index in [-0.39, 0.29) is 5.91 Å². The van der Waals surface area contributed by atoms with Crippen LogP contribution in [0.15, 0.2) is 10.6 Å². The Kier molecular flexibility index (Phi) is 3.04. The summed E-state index contributed by atoms with van der Waals surface area (Å²) in [6, 6.07) is 2.21. The van der Waals surface area contributed by atoms with Gasteiger partial charge in [0.2, 0.25) is 0 Å². The van der Waals surface area contributed by atoms with Gasteiger partial charge >= 0.3 is 0 Å². The highest BCUT2D eigenvalue weighted by Gasteiger charge is 2.44. The number of nitrogens with one attached hydrogen (secondary N) is 1. The standard InChI is InChI=1S/C16H22N2O2/c19-16(14-9-15(20-18-14)11-6-7-11)17-13-8-12(13)10-4-2-1-3-5-10/h9-13H,1-8H2,(H,17,19)/t12-,13-/m0/s1. The van der Waals surface area contributed by atoms with Crippen molar-refractivity contribution in [3.8, 4) is 0 Å². The van der Waals surface area contributed by atoms with Gasteiger partial charge in [-0.15, -0.1) is 0 Å². The Morgan fingerprint density at radius 3 is 2.75 bits per heavy atom. The third-order valence-electron chi connectivity index (χ3n) is 5.15. The van der Waals surface area contributed by atoms with Crippen LogP contribution in [0.4, 0.5) is 0 Å². The van der Waals surface area contributed by atoms with Crippen LogP contribution in [0, 0.1) is 11.8 Å². The van der Waals surface area contributed by atoms with Crippen molar-refractivity contribution in [2.45, 2.75) is 63.3 Å². The summed E-state index contributed by atoms with van der Waals surface area (Å²) < 4.78 is 5.24. The molecule has 3 aliphatic rings. The molecule has 0 bridgehead atoms. The van der Waals surface area contributed by atoms with Crippen molar-refractivity contribution < 1.29 is 9.32 Å². The van der Waals surface area contributed by atoms with Gasteiger partial charge in [-0.2, -0.15) is 0 Å². The number of hydrogen-bond donors (Lipinski definition) is 1. The lowest BCUT2D eigenvalue weighted by atomic mass is 9.85. The minimum atomic E-state index is -0.0519. The average Bonchev–Trinajstić information content (AvgIpc) is 3.40. The molecule has 1 heterocycles. The van der Waals surface area contributed by atoms with Crippen LogP contribution in [-0.2, 0) is 0 Å². The van der Waals surface area contributed by atoms with Gasteiger partial charge in [-0.1, -0.05) is 37.3 Å². The summed E-state index contributed by atoms with van der Waals surface area (Å²) in [6.07, 6.45) is 10.3. The molecule has 2 atom stereocenters. The fourth-order valence-electron chi connectivity index (χ4n) is 3.66. The highest BCUT2D eigenvalue weighted by molar-refractivity contribution is 5.92. The molecule has 0 spiro atoms. The molecule has 1 aromatic heterocycles. The Labute approximate surface area is 119 Å². The Balaban J connectivity index is 1.31. The Bertz CT molecular complexity index is 500. The normalized spacial score (nSPS) is 30.2. The van der Waals surface area contributed by atoms with E-state index < -0.39 is 0 Å². The van der Waals surface area contributed by atoms with Crippen molar-refractivity contribution in [2.24, 2.45) is 11.8 Å². The number of aromatic nitrogens is 1. The van der Waals surface area contributed by atoms with Crippen LogP contribution >= 0.6 is 0 Å². The van der Waals surface area contributed by atoms with Gasteiger partial charge in [0.25, 0.3) is 5.91 Å². The maximum absolute atomic E-state index is 12.1. The van der Waals surface area contributed by atoms with Crippen molar-refractivity contribution in [1.29, 1.82) is 0 Å². The first-order valence-corrected chi connectivity index (χ1v) is 8.09. The maximum atomic E-state index is 12.1.